The molecule has 0 bridgehead atoms. The van der Waals surface area contributed by atoms with Gasteiger partial charge in [-0.15, -0.1) is 0 Å². The van der Waals surface area contributed by atoms with E-state index in [0.717, 1.165) is 13.0 Å². The predicted octanol–water partition coefficient (Wildman–Crippen LogP) is 5.05. The van der Waals surface area contributed by atoms with E-state index in [1.807, 2.05) is 0 Å². The van der Waals surface area contributed by atoms with Crippen LogP contribution in [-0.4, -0.2) is 36.1 Å². The lowest BCUT2D eigenvalue weighted by Gasteiger charge is -2.29. The summed E-state index contributed by atoms with van der Waals surface area (Å²) in [4.78, 5) is 36.9. The number of halogens is 3. The number of carbonyl (C=O) groups excluding carboxylic acids is 3. The van der Waals surface area contributed by atoms with Crippen LogP contribution in [-0.2, 0) is 19.1 Å². The van der Waals surface area contributed by atoms with E-state index < -0.39 is 47.4 Å². The third kappa shape index (κ3) is 4.89. The molecule has 1 aliphatic heterocycles. The first-order chi connectivity index (χ1) is 15.1. The van der Waals surface area contributed by atoms with Gasteiger partial charge in [-0.25, -0.2) is 4.79 Å². The molecule has 0 radical (unpaired) electrons. The maximum absolute atomic E-state index is 13.7. The minimum atomic E-state index is -4.69. The molecule has 5 nitrogen and oxygen atoms in total. The van der Waals surface area contributed by atoms with Gasteiger partial charge in [0.1, 0.15) is 17.6 Å². The normalized spacial score (nSPS) is 27.1. The average molecular weight is 452 g/mol. The highest BCUT2D eigenvalue weighted by Crippen LogP contribution is 2.46. The average Bonchev–Trinajstić information content (AvgIpc) is 3.25. The van der Waals surface area contributed by atoms with Crippen molar-refractivity contribution in [3.05, 3.63) is 48.0 Å². The van der Waals surface area contributed by atoms with Gasteiger partial charge in [0.25, 0.3) is 0 Å². The molecule has 2 fully saturated rings. The highest BCUT2D eigenvalue weighted by atomic mass is 19.4. The molecular formula is C24H27F3O5. The molecule has 0 N–H and O–H groups in total. The number of alkyl halides is 3. The number of esters is 2. The summed E-state index contributed by atoms with van der Waals surface area (Å²) in [5, 5.41) is 0. The molecule has 2 aliphatic rings. The summed E-state index contributed by atoms with van der Waals surface area (Å²) in [7, 11) is 0. The van der Waals surface area contributed by atoms with Crippen LogP contribution in [0.4, 0.5) is 13.2 Å². The molecule has 0 amide bonds. The SMILES string of the molecule is CCCCC(C)(C(=O)/C=C/[C@@H]1[C@H]2CC(=O)O[C@H]2C[C@H]1OC(=O)c1ccccc1)C(F)(F)F. The van der Waals surface area contributed by atoms with Gasteiger partial charge in [0.05, 0.1) is 12.0 Å². The first-order valence-corrected chi connectivity index (χ1v) is 10.8. The number of benzene rings is 1. The molecule has 174 valence electrons. The van der Waals surface area contributed by atoms with Gasteiger partial charge in [0.2, 0.25) is 0 Å². The van der Waals surface area contributed by atoms with E-state index in [1.165, 1.54) is 6.08 Å². The summed E-state index contributed by atoms with van der Waals surface area (Å²) >= 11 is 0. The van der Waals surface area contributed by atoms with Crippen molar-refractivity contribution in [3.8, 4) is 0 Å². The van der Waals surface area contributed by atoms with Gasteiger partial charge in [-0.05, 0) is 31.6 Å². The molecule has 0 aromatic heterocycles. The van der Waals surface area contributed by atoms with Gasteiger partial charge in [-0.2, -0.15) is 13.2 Å². The molecule has 1 aromatic rings. The van der Waals surface area contributed by atoms with Crippen LogP contribution in [0.1, 0.15) is 56.3 Å². The lowest BCUT2D eigenvalue weighted by Crippen LogP contribution is -2.41. The number of hydrogen-bond acceptors (Lipinski definition) is 5. The zero-order valence-corrected chi connectivity index (χ0v) is 18.1. The van der Waals surface area contributed by atoms with Gasteiger partial charge in [-0.3, -0.25) is 9.59 Å². The van der Waals surface area contributed by atoms with Gasteiger partial charge < -0.3 is 9.47 Å². The summed E-state index contributed by atoms with van der Waals surface area (Å²) in [6.45, 7) is 2.68. The topological polar surface area (TPSA) is 69.7 Å². The van der Waals surface area contributed by atoms with Gasteiger partial charge >= 0.3 is 18.1 Å². The molecular weight excluding hydrogens is 425 g/mol. The molecule has 32 heavy (non-hydrogen) atoms. The first kappa shape index (κ1) is 24.0. The lowest BCUT2D eigenvalue weighted by atomic mass is 9.79. The largest absolute Gasteiger partial charge is 0.462 e. The van der Waals surface area contributed by atoms with Crippen LogP contribution in [0, 0.1) is 17.3 Å². The lowest BCUT2D eigenvalue weighted by molar-refractivity contribution is -0.215. The Morgan fingerprint density at radius 1 is 1.22 bits per heavy atom. The van der Waals surface area contributed by atoms with Crippen molar-refractivity contribution in [2.24, 2.45) is 17.3 Å². The van der Waals surface area contributed by atoms with E-state index in [1.54, 1.807) is 37.3 Å². The van der Waals surface area contributed by atoms with Crippen LogP contribution in [0.15, 0.2) is 42.5 Å². The van der Waals surface area contributed by atoms with Crippen LogP contribution in [0.25, 0.3) is 0 Å². The van der Waals surface area contributed by atoms with Crippen molar-refractivity contribution in [1.29, 1.82) is 0 Å². The number of carbonyl (C=O) groups is 3. The number of unbranched alkanes of at least 4 members (excludes halogenated alkanes) is 1. The Morgan fingerprint density at radius 2 is 1.91 bits per heavy atom. The smallest absolute Gasteiger partial charge is 0.401 e. The second-order valence-corrected chi connectivity index (χ2v) is 8.68. The molecule has 1 saturated carbocycles. The third-order valence-corrected chi connectivity index (χ3v) is 6.49. The molecule has 1 unspecified atom stereocenters. The van der Waals surface area contributed by atoms with E-state index in [0.29, 0.717) is 12.0 Å². The molecule has 3 rings (SSSR count). The highest BCUT2D eigenvalue weighted by molar-refractivity contribution is 5.95. The zero-order chi connectivity index (χ0) is 23.5. The number of allylic oxidation sites excluding steroid dienone is 1. The van der Waals surface area contributed by atoms with E-state index in [2.05, 4.69) is 0 Å². The Kier molecular flexibility index (Phi) is 7.10. The molecule has 1 aromatic carbocycles. The van der Waals surface area contributed by atoms with Crippen LogP contribution in [0.3, 0.4) is 0 Å². The molecule has 8 heteroatoms. The van der Waals surface area contributed by atoms with Crippen molar-refractivity contribution < 1.29 is 37.0 Å². The fourth-order valence-electron chi connectivity index (χ4n) is 4.39. The molecule has 0 spiro atoms. The summed E-state index contributed by atoms with van der Waals surface area (Å²) in [5.74, 6) is -2.96. The fraction of sp³-hybridized carbons (Fsp3) is 0.542. The molecule has 5 atom stereocenters. The Bertz CT molecular complexity index is 879. The van der Waals surface area contributed by atoms with Gasteiger partial charge in [0, 0.05) is 18.3 Å². The predicted molar refractivity (Wildman–Crippen MR) is 110 cm³/mol. The number of ketones is 1. The highest BCUT2D eigenvalue weighted by Gasteiger charge is 2.55. The van der Waals surface area contributed by atoms with Crippen molar-refractivity contribution in [3.63, 3.8) is 0 Å². The monoisotopic (exact) mass is 452 g/mol. The Hall–Kier alpha value is -2.64. The van der Waals surface area contributed by atoms with Crippen molar-refractivity contribution in [1.82, 2.24) is 0 Å². The Labute approximate surface area is 185 Å². The molecule has 1 aliphatic carbocycles. The summed E-state index contributed by atoms with van der Waals surface area (Å²) in [6.07, 6.45) is -2.76. The molecule has 1 saturated heterocycles. The second kappa shape index (κ2) is 9.46. The number of ether oxygens (including phenoxy) is 2. The van der Waals surface area contributed by atoms with Gasteiger partial charge in [0.15, 0.2) is 5.78 Å². The fourth-order valence-corrected chi connectivity index (χ4v) is 4.39. The standard InChI is InChI=1S/C24H27F3O5/c1-3-4-12-23(2,24(25,26)27)20(28)11-10-16-17-13-21(29)31-19(17)14-18(16)32-22(30)15-8-6-5-7-9-15/h5-11,16-19H,3-4,12-14H2,1-2H3/b11-10+/t16-,17-,18-,19+,23?/m1/s1. The maximum Gasteiger partial charge on any atom is 0.401 e. The first-order valence-electron chi connectivity index (χ1n) is 10.8. The van der Waals surface area contributed by atoms with E-state index in [-0.39, 0.29) is 31.6 Å². The van der Waals surface area contributed by atoms with Gasteiger partial charge in [-0.1, -0.05) is 44.0 Å². The maximum atomic E-state index is 13.7. The summed E-state index contributed by atoms with van der Waals surface area (Å²) in [6, 6.07) is 8.31. The van der Waals surface area contributed by atoms with E-state index in [9.17, 15) is 27.6 Å². The quantitative estimate of drug-likeness (QED) is 0.408. The van der Waals surface area contributed by atoms with Crippen molar-refractivity contribution in [2.45, 2.75) is 64.3 Å². The minimum Gasteiger partial charge on any atom is -0.462 e. The molecule has 1 heterocycles. The number of fused-ring (bicyclic) bond motifs is 1. The van der Waals surface area contributed by atoms with Crippen LogP contribution >= 0.6 is 0 Å². The van der Waals surface area contributed by atoms with Crippen LogP contribution < -0.4 is 0 Å². The second-order valence-electron chi connectivity index (χ2n) is 8.68. The van der Waals surface area contributed by atoms with Crippen molar-refractivity contribution >= 4 is 17.7 Å². The van der Waals surface area contributed by atoms with Crippen molar-refractivity contribution in [2.75, 3.05) is 0 Å². The number of hydrogen-bond donors (Lipinski definition) is 0. The minimum absolute atomic E-state index is 0.0691. The Morgan fingerprint density at radius 3 is 2.53 bits per heavy atom. The zero-order valence-electron chi connectivity index (χ0n) is 18.1. The van der Waals surface area contributed by atoms with Crippen LogP contribution in [0.5, 0.6) is 0 Å². The van der Waals surface area contributed by atoms with E-state index >= 15 is 0 Å². The summed E-state index contributed by atoms with van der Waals surface area (Å²) in [5.41, 5.74) is -2.15. The Balaban J connectivity index is 1.81. The van der Waals surface area contributed by atoms with Crippen LogP contribution in [0.2, 0.25) is 0 Å². The third-order valence-electron chi connectivity index (χ3n) is 6.49. The van der Waals surface area contributed by atoms with E-state index in [4.69, 9.17) is 9.47 Å². The summed E-state index contributed by atoms with van der Waals surface area (Å²) < 4.78 is 52.0. The number of rotatable bonds is 8.